The highest BCUT2D eigenvalue weighted by Gasteiger charge is 2.14. The first-order valence-electron chi connectivity index (χ1n) is 6.49. The van der Waals surface area contributed by atoms with Crippen LogP contribution in [0.25, 0.3) is 22.3 Å². The molecule has 0 fully saturated rings. The van der Waals surface area contributed by atoms with Gasteiger partial charge in [-0.15, -0.1) is 0 Å². The van der Waals surface area contributed by atoms with Crippen molar-refractivity contribution in [1.29, 1.82) is 0 Å². The van der Waals surface area contributed by atoms with Crippen molar-refractivity contribution >= 4 is 0 Å². The maximum absolute atomic E-state index is 13.8. The van der Waals surface area contributed by atoms with Gasteiger partial charge in [-0.05, 0) is 28.8 Å². The highest BCUT2D eigenvalue weighted by atomic mass is 19.2. The minimum Gasteiger partial charge on any atom is -0.505 e. The SMILES string of the molecule is Oc1ccc(-c2ccc(-c3ccccc3)cc2)c(F)c1F. The molecular formula is C18H12F2O. The molecule has 3 aromatic carbocycles. The van der Waals surface area contributed by atoms with Gasteiger partial charge in [-0.3, -0.25) is 0 Å². The molecule has 0 amide bonds. The molecule has 3 heteroatoms. The highest BCUT2D eigenvalue weighted by molar-refractivity contribution is 5.71. The summed E-state index contributed by atoms with van der Waals surface area (Å²) in [6, 6.07) is 19.5. The van der Waals surface area contributed by atoms with Crippen LogP contribution in [0.4, 0.5) is 8.78 Å². The van der Waals surface area contributed by atoms with E-state index in [0.717, 1.165) is 17.2 Å². The Morgan fingerprint density at radius 2 is 1.14 bits per heavy atom. The Kier molecular flexibility index (Phi) is 3.40. The minimum absolute atomic E-state index is 0.130. The fourth-order valence-electron chi connectivity index (χ4n) is 2.24. The molecule has 0 aromatic heterocycles. The predicted molar refractivity (Wildman–Crippen MR) is 78.9 cm³/mol. The molecule has 0 spiro atoms. The van der Waals surface area contributed by atoms with E-state index in [9.17, 15) is 8.78 Å². The zero-order chi connectivity index (χ0) is 14.8. The molecule has 0 saturated heterocycles. The first-order valence-corrected chi connectivity index (χ1v) is 6.49. The van der Waals surface area contributed by atoms with Gasteiger partial charge in [0.15, 0.2) is 11.6 Å². The van der Waals surface area contributed by atoms with Crippen molar-refractivity contribution in [3.8, 4) is 28.0 Å². The molecule has 0 aliphatic heterocycles. The molecule has 0 unspecified atom stereocenters. The molecule has 0 atom stereocenters. The molecule has 3 rings (SSSR count). The van der Waals surface area contributed by atoms with Gasteiger partial charge in [-0.2, -0.15) is 4.39 Å². The van der Waals surface area contributed by atoms with E-state index in [4.69, 9.17) is 5.11 Å². The summed E-state index contributed by atoms with van der Waals surface area (Å²) in [7, 11) is 0. The molecule has 0 aliphatic carbocycles. The summed E-state index contributed by atoms with van der Waals surface area (Å²) >= 11 is 0. The lowest BCUT2D eigenvalue weighted by Crippen LogP contribution is -1.90. The summed E-state index contributed by atoms with van der Waals surface area (Å²) in [4.78, 5) is 0. The lowest BCUT2D eigenvalue weighted by Gasteiger charge is -2.07. The number of rotatable bonds is 2. The number of hydrogen-bond donors (Lipinski definition) is 1. The molecule has 3 aromatic rings. The fraction of sp³-hybridized carbons (Fsp3) is 0. The van der Waals surface area contributed by atoms with E-state index in [-0.39, 0.29) is 5.56 Å². The van der Waals surface area contributed by atoms with Crippen LogP contribution in [0.5, 0.6) is 5.75 Å². The molecule has 1 N–H and O–H groups in total. The van der Waals surface area contributed by atoms with Crippen molar-refractivity contribution in [1.82, 2.24) is 0 Å². The molecule has 104 valence electrons. The maximum atomic E-state index is 13.8. The van der Waals surface area contributed by atoms with Crippen LogP contribution in [-0.2, 0) is 0 Å². The van der Waals surface area contributed by atoms with Crippen molar-refractivity contribution in [3.63, 3.8) is 0 Å². The van der Waals surface area contributed by atoms with Crippen LogP contribution in [0, 0.1) is 11.6 Å². The van der Waals surface area contributed by atoms with E-state index in [1.54, 1.807) is 12.1 Å². The van der Waals surface area contributed by atoms with E-state index in [0.29, 0.717) is 5.56 Å². The van der Waals surface area contributed by atoms with Crippen molar-refractivity contribution in [2.24, 2.45) is 0 Å². The number of hydrogen-bond acceptors (Lipinski definition) is 1. The van der Waals surface area contributed by atoms with Crippen LogP contribution in [0.15, 0.2) is 66.7 Å². The Morgan fingerprint density at radius 1 is 0.571 bits per heavy atom. The second kappa shape index (κ2) is 5.37. The average molecular weight is 282 g/mol. The lowest BCUT2D eigenvalue weighted by atomic mass is 10.00. The number of benzene rings is 3. The Labute approximate surface area is 121 Å². The van der Waals surface area contributed by atoms with Gasteiger partial charge in [-0.1, -0.05) is 54.6 Å². The molecule has 0 saturated carbocycles. The third-order valence-corrected chi connectivity index (χ3v) is 3.36. The monoisotopic (exact) mass is 282 g/mol. The lowest BCUT2D eigenvalue weighted by molar-refractivity contribution is 0.408. The van der Waals surface area contributed by atoms with Gasteiger partial charge < -0.3 is 5.11 Å². The van der Waals surface area contributed by atoms with Gasteiger partial charge in [0, 0.05) is 5.56 Å². The second-order valence-electron chi connectivity index (χ2n) is 4.70. The third-order valence-electron chi connectivity index (χ3n) is 3.36. The van der Waals surface area contributed by atoms with E-state index in [2.05, 4.69) is 0 Å². The van der Waals surface area contributed by atoms with Gasteiger partial charge in [0.2, 0.25) is 5.82 Å². The van der Waals surface area contributed by atoms with Crippen molar-refractivity contribution < 1.29 is 13.9 Å². The first-order chi connectivity index (χ1) is 10.2. The second-order valence-corrected chi connectivity index (χ2v) is 4.70. The van der Waals surface area contributed by atoms with Crippen molar-refractivity contribution in [2.45, 2.75) is 0 Å². The molecular weight excluding hydrogens is 270 g/mol. The Balaban J connectivity index is 2.01. The number of phenolic OH excluding ortho intramolecular Hbond substituents is 1. The topological polar surface area (TPSA) is 20.2 Å². The number of aromatic hydroxyl groups is 1. The Morgan fingerprint density at radius 3 is 1.81 bits per heavy atom. The van der Waals surface area contributed by atoms with E-state index >= 15 is 0 Å². The normalized spacial score (nSPS) is 10.6. The Hall–Kier alpha value is -2.68. The molecule has 0 radical (unpaired) electrons. The molecule has 0 heterocycles. The summed E-state index contributed by atoms with van der Waals surface area (Å²) in [5, 5.41) is 9.15. The fourth-order valence-corrected chi connectivity index (χ4v) is 2.24. The summed E-state index contributed by atoms with van der Waals surface area (Å²) in [5.41, 5.74) is 2.75. The van der Waals surface area contributed by atoms with E-state index < -0.39 is 17.4 Å². The largest absolute Gasteiger partial charge is 0.505 e. The van der Waals surface area contributed by atoms with Crippen LogP contribution in [0.2, 0.25) is 0 Å². The van der Waals surface area contributed by atoms with Crippen LogP contribution in [0.3, 0.4) is 0 Å². The summed E-state index contributed by atoms with van der Waals surface area (Å²) in [6.45, 7) is 0. The molecule has 1 nitrogen and oxygen atoms in total. The highest BCUT2D eigenvalue weighted by Crippen LogP contribution is 2.30. The summed E-state index contributed by atoms with van der Waals surface area (Å²) in [5.74, 6) is -2.95. The maximum Gasteiger partial charge on any atom is 0.200 e. The minimum atomic E-state index is -1.22. The van der Waals surface area contributed by atoms with E-state index in [1.165, 1.54) is 6.07 Å². The zero-order valence-corrected chi connectivity index (χ0v) is 11.1. The van der Waals surface area contributed by atoms with Gasteiger partial charge in [-0.25, -0.2) is 4.39 Å². The third kappa shape index (κ3) is 2.50. The van der Waals surface area contributed by atoms with Gasteiger partial charge >= 0.3 is 0 Å². The number of halogens is 2. The zero-order valence-electron chi connectivity index (χ0n) is 11.1. The Bertz CT molecular complexity index is 765. The molecule has 0 bridgehead atoms. The van der Waals surface area contributed by atoms with Crippen molar-refractivity contribution in [2.75, 3.05) is 0 Å². The smallest absolute Gasteiger partial charge is 0.200 e. The first kappa shape index (κ1) is 13.3. The molecule has 21 heavy (non-hydrogen) atoms. The molecule has 0 aliphatic rings. The van der Waals surface area contributed by atoms with Gasteiger partial charge in [0.05, 0.1) is 0 Å². The van der Waals surface area contributed by atoms with Crippen LogP contribution >= 0.6 is 0 Å². The summed E-state index contributed by atoms with van der Waals surface area (Å²) < 4.78 is 27.2. The van der Waals surface area contributed by atoms with Gasteiger partial charge in [0.25, 0.3) is 0 Å². The van der Waals surface area contributed by atoms with E-state index in [1.807, 2.05) is 42.5 Å². The standard InChI is InChI=1S/C18H12F2O/c19-17-15(10-11-16(21)18(17)20)14-8-6-13(7-9-14)12-4-2-1-3-5-12/h1-11,21H. The van der Waals surface area contributed by atoms with Crippen molar-refractivity contribution in [3.05, 3.63) is 78.4 Å². The van der Waals surface area contributed by atoms with Crippen LogP contribution < -0.4 is 0 Å². The van der Waals surface area contributed by atoms with Crippen LogP contribution in [-0.4, -0.2) is 5.11 Å². The average Bonchev–Trinajstić information content (AvgIpc) is 2.54. The predicted octanol–water partition coefficient (Wildman–Crippen LogP) is 5.00. The van der Waals surface area contributed by atoms with Crippen LogP contribution in [0.1, 0.15) is 0 Å². The quantitative estimate of drug-likeness (QED) is 0.701. The van der Waals surface area contributed by atoms with Gasteiger partial charge in [0.1, 0.15) is 0 Å². The number of phenols is 1. The summed E-state index contributed by atoms with van der Waals surface area (Å²) in [6.07, 6.45) is 0.